The molecule has 0 saturated carbocycles. The Morgan fingerprint density at radius 1 is 1.29 bits per heavy atom. The second-order valence-electron chi connectivity index (χ2n) is 5.16. The summed E-state index contributed by atoms with van der Waals surface area (Å²) in [4.78, 5) is 11.2. The van der Waals surface area contributed by atoms with Crippen molar-refractivity contribution in [3.63, 3.8) is 0 Å². The van der Waals surface area contributed by atoms with Gasteiger partial charge in [0.25, 0.3) is 0 Å². The Bertz CT molecular complexity index is 393. The molecule has 1 aromatic carbocycles. The fourth-order valence-electron chi connectivity index (χ4n) is 1.90. The van der Waals surface area contributed by atoms with Crippen molar-refractivity contribution in [1.82, 2.24) is 0 Å². The van der Waals surface area contributed by atoms with Gasteiger partial charge in [0.05, 0.1) is 0 Å². The zero-order valence-electron chi connectivity index (χ0n) is 11.2. The Balaban J connectivity index is 3.06. The van der Waals surface area contributed by atoms with Crippen molar-refractivity contribution in [1.29, 1.82) is 0 Å². The molecule has 0 aliphatic carbocycles. The van der Waals surface area contributed by atoms with Crippen LogP contribution in [0.25, 0.3) is 0 Å². The van der Waals surface area contributed by atoms with Crippen LogP contribution in [0.4, 0.5) is 0 Å². The molecule has 92 valence electrons. The Kier molecular flexibility index (Phi) is 4.88. The average molecular weight is 246 g/mol. The number of aldehydes is 1. The van der Waals surface area contributed by atoms with E-state index in [2.05, 4.69) is 56.9 Å². The molecule has 1 atom stereocenters. The topological polar surface area (TPSA) is 17.1 Å². The maximum Gasteiger partial charge on any atom is 0.145 e. The summed E-state index contributed by atoms with van der Waals surface area (Å²) in [6.07, 6.45) is 2.05. The number of allylic oxidation sites excluding steroid dienone is 1. The zero-order valence-corrected chi connectivity index (χ0v) is 12.2. The molecule has 2 heteroatoms. The molecule has 1 unspecified atom stereocenters. The van der Waals surface area contributed by atoms with Crippen LogP contribution in [-0.2, 0) is 4.79 Å². The first kappa shape index (κ1) is 13.9. The average Bonchev–Trinajstić information content (AvgIpc) is 2.36. The molecule has 1 rings (SSSR count). The number of carbonyl (C=O) groups excluding carboxylic acids is 1. The molecule has 0 N–H and O–H groups in total. The molecular formula is C15H22OSi. The molecule has 1 nitrogen and oxygen atoms in total. The summed E-state index contributed by atoms with van der Waals surface area (Å²) in [6, 6.07) is 10.5. The van der Waals surface area contributed by atoms with E-state index in [9.17, 15) is 4.79 Å². The van der Waals surface area contributed by atoms with Gasteiger partial charge in [0.2, 0.25) is 0 Å². The number of carbonyl (C=O) groups is 1. The van der Waals surface area contributed by atoms with Gasteiger partial charge in [-0.1, -0.05) is 68.2 Å². The van der Waals surface area contributed by atoms with Gasteiger partial charge < -0.3 is 0 Å². The molecule has 0 amide bonds. The summed E-state index contributed by atoms with van der Waals surface area (Å²) >= 11 is 0. The van der Waals surface area contributed by atoms with E-state index in [1.54, 1.807) is 0 Å². The van der Waals surface area contributed by atoms with Crippen LogP contribution >= 0.6 is 0 Å². The summed E-state index contributed by atoms with van der Waals surface area (Å²) in [5, 5.41) is 1.38. The molecule has 0 spiro atoms. The molecule has 0 aliphatic rings. The molecule has 1 aromatic rings. The second-order valence-corrected chi connectivity index (χ2v) is 9.47. The van der Waals surface area contributed by atoms with Crippen LogP contribution in [0.3, 0.4) is 0 Å². The molecule has 0 heterocycles. The van der Waals surface area contributed by atoms with Crippen LogP contribution in [0, 0.1) is 5.92 Å². The summed E-state index contributed by atoms with van der Waals surface area (Å²) in [5.41, 5.74) is 3.21. The molecule has 17 heavy (non-hydrogen) atoms. The van der Waals surface area contributed by atoms with Gasteiger partial charge >= 0.3 is 0 Å². The lowest BCUT2D eigenvalue weighted by molar-refractivity contribution is -0.105. The highest BCUT2D eigenvalue weighted by atomic mass is 28.3. The summed E-state index contributed by atoms with van der Waals surface area (Å²) in [7, 11) is -1.64. The monoisotopic (exact) mass is 246 g/mol. The smallest absolute Gasteiger partial charge is 0.145 e. The van der Waals surface area contributed by atoms with Crippen molar-refractivity contribution < 1.29 is 4.79 Å². The van der Waals surface area contributed by atoms with Crippen LogP contribution in [0.15, 0.2) is 41.6 Å². The highest BCUT2D eigenvalue weighted by molar-refractivity contribution is 6.94. The van der Waals surface area contributed by atoms with Crippen LogP contribution in [0.1, 0.15) is 20.3 Å². The summed E-state index contributed by atoms with van der Waals surface area (Å²) in [6.45, 7) is 8.82. The van der Waals surface area contributed by atoms with Crippen LogP contribution < -0.4 is 5.19 Å². The van der Waals surface area contributed by atoms with E-state index in [-0.39, 0.29) is 0 Å². The lowest BCUT2D eigenvalue weighted by Gasteiger charge is -2.21. The third-order valence-electron chi connectivity index (χ3n) is 3.36. The molecule has 0 fully saturated rings. The van der Waals surface area contributed by atoms with E-state index in [4.69, 9.17) is 0 Å². The highest BCUT2D eigenvalue weighted by Crippen LogP contribution is 2.16. The minimum atomic E-state index is -1.64. The van der Waals surface area contributed by atoms with Crippen molar-refractivity contribution in [3.05, 3.63) is 41.6 Å². The van der Waals surface area contributed by atoms with Crippen molar-refractivity contribution in [2.45, 2.75) is 33.4 Å². The summed E-state index contributed by atoms with van der Waals surface area (Å²) < 4.78 is 0. The Labute approximate surface area is 106 Å². The van der Waals surface area contributed by atoms with Crippen molar-refractivity contribution in [3.8, 4) is 0 Å². The van der Waals surface area contributed by atoms with Gasteiger partial charge in [-0.25, -0.2) is 0 Å². The largest absolute Gasteiger partial charge is 0.298 e. The first-order valence-electron chi connectivity index (χ1n) is 6.24. The van der Waals surface area contributed by atoms with E-state index in [0.717, 1.165) is 18.3 Å². The van der Waals surface area contributed by atoms with Crippen molar-refractivity contribution in [2.24, 2.45) is 5.92 Å². The molecular weight excluding hydrogens is 224 g/mol. The fraction of sp³-hybridized carbons (Fsp3) is 0.400. The van der Waals surface area contributed by atoms with E-state index >= 15 is 0 Å². The third kappa shape index (κ3) is 3.67. The van der Waals surface area contributed by atoms with Gasteiger partial charge in [-0.05, 0) is 17.9 Å². The Hall–Kier alpha value is -1.15. The lowest BCUT2D eigenvalue weighted by atomic mass is 10.0. The zero-order chi connectivity index (χ0) is 12.9. The van der Waals surface area contributed by atoms with E-state index in [0.29, 0.717) is 5.92 Å². The van der Waals surface area contributed by atoms with Gasteiger partial charge in [0.1, 0.15) is 14.4 Å². The highest BCUT2D eigenvalue weighted by Gasteiger charge is 2.22. The van der Waals surface area contributed by atoms with Gasteiger partial charge in [-0.2, -0.15) is 0 Å². The van der Waals surface area contributed by atoms with Gasteiger partial charge in [0.15, 0.2) is 0 Å². The predicted octanol–water partition coefficient (Wildman–Crippen LogP) is 3.31. The standard InChI is InChI=1S/C15H22OSi/c1-5-13(2)14(11-16)12-17(3,4)15-9-7-6-8-10-15/h6-13H,5H2,1-4H3/b14-12+. The molecule has 0 bridgehead atoms. The Morgan fingerprint density at radius 3 is 2.35 bits per heavy atom. The van der Waals surface area contributed by atoms with E-state index < -0.39 is 8.07 Å². The van der Waals surface area contributed by atoms with Gasteiger partial charge in [0, 0.05) is 0 Å². The molecule has 0 radical (unpaired) electrons. The normalized spacial score (nSPS) is 14.5. The first-order chi connectivity index (χ1) is 8.01. The predicted molar refractivity (Wildman–Crippen MR) is 77.2 cm³/mol. The number of rotatable bonds is 5. The number of benzene rings is 1. The maximum atomic E-state index is 11.2. The first-order valence-corrected chi connectivity index (χ1v) is 9.32. The minimum absolute atomic E-state index is 0.364. The molecule has 0 aliphatic heterocycles. The van der Waals surface area contributed by atoms with Crippen molar-refractivity contribution >= 4 is 19.5 Å². The summed E-state index contributed by atoms with van der Waals surface area (Å²) in [5.74, 6) is 0.364. The minimum Gasteiger partial charge on any atom is -0.298 e. The molecule has 0 saturated heterocycles. The quantitative estimate of drug-likeness (QED) is 0.442. The van der Waals surface area contributed by atoms with Crippen LogP contribution in [-0.4, -0.2) is 14.4 Å². The number of hydrogen-bond acceptors (Lipinski definition) is 1. The van der Waals surface area contributed by atoms with Gasteiger partial charge in [-0.15, -0.1) is 0 Å². The van der Waals surface area contributed by atoms with Crippen LogP contribution in [0.5, 0.6) is 0 Å². The second kappa shape index (κ2) is 5.96. The van der Waals surface area contributed by atoms with Crippen LogP contribution in [0.2, 0.25) is 13.1 Å². The SMILES string of the molecule is CCC(C)/C(C=O)=C/[Si](C)(C)c1ccccc1. The van der Waals surface area contributed by atoms with E-state index in [1.165, 1.54) is 5.19 Å². The fourth-order valence-corrected chi connectivity index (χ4v) is 4.30. The molecule has 0 aromatic heterocycles. The van der Waals surface area contributed by atoms with E-state index in [1.807, 2.05) is 6.07 Å². The maximum absolute atomic E-state index is 11.2. The Morgan fingerprint density at radius 2 is 1.88 bits per heavy atom. The van der Waals surface area contributed by atoms with Gasteiger partial charge in [-0.3, -0.25) is 4.79 Å². The van der Waals surface area contributed by atoms with Crippen molar-refractivity contribution in [2.75, 3.05) is 0 Å². The third-order valence-corrected chi connectivity index (χ3v) is 6.24. The number of hydrogen-bond donors (Lipinski definition) is 0. The lowest BCUT2D eigenvalue weighted by Crippen LogP contribution is -2.40.